The number of hydrogen-bond donors (Lipinski definition) is 1. The van der Waals surface area contributed by atoms with Crippen LogP contribution in [0.1, 0.15) is 32.1 Å². The lowest BCUT2D eigenvalue weighted by Gasteiger charge is -2.34. The summed E-state index contributed by atoms with van der Waals surface area (Å²) in [6.07, 6.45) is 6.23. The van der Waals surface area contributed by atoms with Crippen LogP contribution in [0.2, 0.25) is 0 Å². The van der Waals surface area contributed by atoms with Gasteiger partial charge >= 0.3 is 0 Å². The van der Waals surface area contributed by atoms with Crippen LogP contribution in [0.4, 0.5) is 10.1 Å². The highest BCUT2D eigenvalue weighted by atomic mass is 79.9. The summed E-state index contributed by atoms with van der Waals surface area (Å²) < 4.78 is 14.5. The molecule has 1 saturated heterocycles. The molecule has 0 aromatic heterocycles. The monoisotopic (exact) mass is 326 g/mol. The fraction of sp³-hybridized carbons (Fsp3) is 0.600. The van der Waals surface area contributed by atoms with E-state index in [0.29, 0.717) is 0 Å². The van der Waals surface area contributed by atoms with Gasteiger partial charge in [0.25, 0.3) is 0 Å². The Labute approximate surface area is 122 Å². The van der Waals surface area contributed by atoms with Crippen molar-refractivity contribution in [2.75, 3.05) is 24.5 Å². The van der Waals surface area contributed by atoms with Gasteiger partial charge in [0, 0.05) is 23.1 Å². The first kappa shape index (κ1) is 13.4. The van der Waals surface area contributed by atoms with Crippen LogP contribution < -0.4 is 10.2 Å². The molecule has 1 aromatic rings. The Hall–Kier alpha value is -0.610. The molecule has 1 spiro atoms. The summed E-state index contributed by atoms with van der Waals surface area (Å²) in [5.74, 6) is -0.157. The van der Waals surface area contributed by atoms with Crippen LogP contribution in [-0.4, -0.2) is 25.2 Å². The van der Waals surface area contributed by atoms with Crippen molar-refractivity contribution in [3.05, 3.63) is 28.5 Å². The van der Waals surface area contributed by atoms with E-state index >= 15 is 0 Å². The molecule has 104 valence electrons. The van der Waals surface area contributed by atoms with Gasteiger partial charge in [-0.25, -0.2) is 4.39 Å². The Bertz CT molecular complexity index is 457. The van der Waals surface area contributed by atoms with Crippen LogP contribution in [0.15, 0.2) is 22.7 Å². The minimum Gasteiger partial charge on any atom is -0.369 e. The summed E-state index contributed by atoms with van der Waals surface area (Å²) >= 11 is 3.56. The van der Waals surface area contributed by atoms with E-state index in [4.69, 9.17) is 0 Å². The number of halogens is 2. The Kier molecular flexibility index (Phi) is 3.81. The van der Waals surface area contributed by atoms with Crippen LogP contribution in [0.3, 0.4) is 0 Å². The molecule has 4 heteroatoms. The van der Waals surface area contributed by atoms with Gasteiger partial charge in [-0.15, -0.1) is 0 Å². The molecule has 1 aliphatic carbocycles. The standard InChI is InChI=1S/C15H20BrFN2/c16-13-5-4-12(17)10-14(13)19-9-3-8-18-15(11-19)6-1-2-7-15/h4-5,10,18H,1-3,6-9,11H2. The Morgan fingerprint density at radius 1 is 1.21 bits per heavy atom. The smallest absolute Gasteiger partial charge is 0.125 e. The highest BCUT2D eigenvalue weighted by Gasteiger charge is 2.36. The summed E-state index contributed by atoms with van der Waals surface area (Å²) in [7, 11) is 0. The summed E-state index contributed by atoms with van der Waals surface area (Å²) in [5, 5.41) is 3.74. The summed E-state index contributed by atoms with van der Waals surface area (Å²) in [4.78, 5) is 2.35. The largest absolute Gasteiger partial charge is 0.369 e. The van der Waals surface area contributed by atoms with E-state index in [-0.39, 0.29) is 11.4 Å². The summed E-state index contributed by atoms with van der Waals surface area (Å²) in [6.45, 7) is 3.06. The molecular formula is C15H20BrFN2. The molecule has 1 N–H and O–H groups in total. The highest BCUT2D eigenvalue weighted by Crippen LogP contribution is 2.35. The van der Waals surface area contributed by atoms with Gasteiger partial charge in [0.2, 0.25) is 0 Å². The van der Waals surface area contributed by atoms with Gasteiger partial charge in [-0.3, -0.25) is 0 Å². The van der Waals surface area contributed by atoms with Crippen LogP contribution in [0.25, 0.3) is 0 Å². The van der Waals surface area contributed by atoms with Gasteiger partial charge in [0.15, 0.2) is 0 Å². The van der Waals surface area contributed by atoms with E-state index in [9.17, 15) is 4.39 Å². The molecule has 1 heterocycles. The van der Waals surface area contributed by atoms with Gasteiger partial charge < -0.3 is 10.2 Å². The first-order chi connectivity index (χ1) is 9.19. The van der Waals surface area contributed by atoms with Gasteiger partial charge in [0.1, 0.15) is 5.82 Å². The van der Waals surface area contributed by atoms with Crippen molar-refractivity contribution < 1.29 is 4.39 Å². The molecule has 2 aliphatic rings. The zero-order valence-corrected chi connectivity index (χ0v) is 12.7. The Balaban J connectivity index is 1.88. The van der Waals surface area contributed by atoms with E-state index in [0.717, 1.165) is 36.2 Å². The second kappa shape index (κ2) is 5.41. The van der Waals surface area contributed by atoms with E-state index in [1.807, 2.05) is 6.07 Å². The molecule has 3 rings (SSSR count). The average molecular weight is 327 g/mol. The number of hydrogen-bond acceptors (Lipinski definition) is 2. The topological polar surface area (TPSA) is 15.3 Å². The lowest BCUT2D eigenvalue weighted by molar-refractivity contribution is 0.354. The van der Waals surface area contributed by atoms with Crippen LogP contribution in [-0.2, 0) is 0 Å². The van der Waals surface area contributed by atoms with E-state index in [1.165, 1.54) is 31.7 Å². The second-order valence-corrected chi connectivity index (χ2v) is 6.64. The fourth-order valence-electron chi connectivity index (χ4n) is 3.44. The maximum atomic E-state index is 13.5. The van der Waals surface area contributed by atoms with E-state index in [1.54, 1.807) is 6.07 Å². The number of anilines is 1. The van der Waals surface area contributed by atoms with Gasteiger partial charge in [-0.2, -0.15) is 0 Å². The Morgan fingerprint density at radius 2 is 2.00 bits per heavy atom. The molecule has 2 fully saturated rings. The summed E-state index contributed by atoms with van der Waals surface area (Å²) in [6, 6.07) is 4.97. The normalized spacial score (nSPS) is 22.7. The molecule has 0 bridgehead atoms. The highest BCUT2D eigenvalue weighted by molar-refractivity contribution is 9.10. The van der Waals surface area contributed by atoms with Crippen molar-refractivity contribution in [2.45, 2.75) is 37.6 Å². The molecule has 1 saturated carbocycles. The Morgan fingerprint density at radius 3 is 2.79 bits per heavy atom. The molecule has 2 nitrogen and oxygen atoms in total. The minimum absolute atomic E-state index is 0.157. The molecular weight excluding hydrogens is 307 g/mol. The van der Waals surface area contributed by atoms with Crippen molar-refractivity contribution in [3.63, 3.8) is 0 Å². The van der Waals surface area contributed by atoms with Crippen LogP contribution in [0.5, 0.6) is 0 Å². The maximum absolute atomic E-state index is 13.5. The lowest BCUT2D eigenvalue weighted by Crippen LogP contribution is -2.49. The zero-order chi connectivity index (χ0) is 13.3. The molecule has 19 heavy (non-hydrogen) atoms. The number of rotatable bonds is 1. The molecule has 0 unspecified atom stereocenters. The maximum Gasteiger partial charge on any atom is 0.125 e. The quantitative estimate of drug-likeness (QED) is 0.846. The third kappa shape index (κ3) is 2.79. The number of nitrogens with one attached hydrogen (secondary N) is 1. The molecule has 1 aromatic carbocycles. The van der Waals surface area contributed by atoms with Crippen molar-refractivity contribution >= 4 is 21.6 Å². The number of nitrogens with zero attached hydrogens (tertiary/aromatic N) is 1. The average Bonchev–Trinajstić information content (AvgIpc) is 2.74. The van der Waals surface area contributed by atoms with E-state index < -0.39 is 0 Å². The van der Waals surface area contributed by atoms with E-state index in [2.05, 4.69) is 26.1 Å². The van der Waals surface area contributed by atoms with Gasteiger partial charge in [-0.05, 0) is 59.9 Å². The molecule has 0 radical (unpaired) electrons. The first-order valence-corrected chi connectivity index (χ1v) is 7.93. The third-order valence-corrected chi connectivity index (χ3v) is 5.08. The first-order valence-electron chi connectivity index (χ1n) is 7.14. The van der Waals surface area contributed by atoms with Crippen LogP contribution in [0, 0.1) is 5.82 Å². The predicted molar refractivity (Wildman–Crippen MR) is 80.1 cm³/mol. The SMILES string of the molecule is Fc1ccc(Br)c(N2CCCNC3(CCCC3)C2)c1. The fourth-order valence-corrected chi connectivity index (χ4v) is 3.94. The second-order valence-electron chi connectivity index (χ2n) is 5.79. The lowest BCUT2D eigenvalue weighted by atomic mass is 9.97. The van der Waals surface area contributed by atoms with Crippen molar-refractivity contribution in [1.82, 2.24) is 5.32 Å². The molecule has 0 amide bonds. The minimum atomic E-state index is -0.157. The third-order valence-electron chi connectivity index (χ3n) is 4.41. The van der Waals surface area contributed by atoms with Gasteiger partial charge in [-0.1, -0.05) is 12.8 Å². The van der Waals surface area contributed by atoms with Crippen molar-refractivity contribution in [3.8, 4) is 0 Å². The molecule has 1 aliphatic heterocycles. The van der Waals surface area contributed by atoms with Gasteiger partial charge in [0.05, 0.1) is 5.69 Å². The van der Waals surface area contributed by atoms with Crippen molar-refractivity contribution in [1.29, 1.82) is 0 Å². The number of benzene rings is 1. The summed E-state index contributed by atoms with van der Waals surface area (Å²) in [5.41, 5.74) is 1.25. The predicted octanol–water partition coefficient (Wildman–Crippen LogP) is 3.70. The van der Waals surface area contributed by atoms with Crippen molar-refractivity contribution in [2.24, 2.45) is 0 Å². The van der Waals surface area contributed by atoms with Crippen LogP contribution >= 0.6 is 15.9 Å². The molecule has 0 atom stereocenters. The zero-order valence-electron chi connectivity index (χ0n) is 11.1.